The van der Waals surface area contributed by atoms with Gasteiger partial charge in [-0.25, -0.2) is 5.06 Å². The molecule has 0 N–H and O–H groups in total. The van der Waals surface area contributed by atoms with E-state index in [1.165, 1.54) is 12.2 Å². The molecule has 1 saturated carbocycles. The molecule has 1 heterocycles. The molecule has 1 aromatic rings. The lowest BCUT2D eigenvalue weighted by atomic mass is 9.75. The number of amides is 1. The Morgan fingerprint density at radius 2 is 1.75 bits per heavy atom. The summed E-state index contributed by atoms with van der Waals surface area (Å²) < 4.78 is 12.2. The van der Waals surface area contributed by atoms with Crippen molar-refractivity contribution in [3.63, 3.8) is 0 Å². The first-order valence-electron chi connectivity index (χ1n) is 8.42. The third kappa shape index (κ3) is 3.31. The van der Waals surface area contributed by atoms with E-state index >= 15 is 0 Å². The van der Waals surface area contributed by atoms with Crippen molar-refractivity contribution in [3.8, 4) is 0 Å². The molecule has 0 unspecified atom stereocenters. The highest BCUT2D eigenvalue weighted by molar-refractivity contribution is 6.30. The molecule has 24 heavy (non-hydrogen) atoms. The van der Waals surface area contributed by atoms with Crippen LogP contribution in [0.2, 0.25) is 5.02 Å². The molecular formula is C18H24ClNO4. The molecular weight excluding hydrogens is 330 g/mol. The largest absolute Gasteiger partial charge is 0.343 e. The quantitative estimate of drug-likeness (QED) is 0.779. The van der Waals surface area contributed by atoms with Crippen molar-refractivity contribution in [3.05, 3.63) is 34.9 Å². The maximum absolute atomic E-state index is 12.3. The number of hydroxylamine groups is 2. The second kappa shape index (κ2) is 7.40. The monoisotopic (exact) mass is 353 g/mol. The summed E-state index contributed by atoms with van der Waals surface area (Å²) in [4.78, 5) is 17.3. The summed E-state index contributed by atoms with van der Waals surface area (Å²) in [6, 6.07) is 7.69. The summed E-state index contributed by atoms with van der Waals surface area (Å²) in [5.74, 6) is -0.413. The normalized spacial score (nSPS) is 26.3. The third-order valence-corrected chi connectivity index (χ3v) is 5.41. The molecule has 0 radical (unpaired) electrons. The predicted molar refractivity (Wildman–Crippen MR) is 90.3 cm³/mol. The van der Waals surface area contributed by atoms with Crippen LogP contribution in [0.5, 0.6) is 0 Å². The molecule has 0 bridgehead atoms. The van der Waals surface area contributed by atoms with Crippen LogP contribution in [0.25, 0.3) is 0 Å². The van der Waals surface area contributed by atoms with E-state index in [9.17, 15) is 4.79 Å². The van der Waals surface area contributed by atoms with Crippen LogP contribution in [-0.4, -0.2) is 38.3 Å². The van der Waals surface area contributed by atoms with Gasteiger partial charge < -0.3 is 9.47 Å². The third-order valence-electron chi connectivity index (χ3n) is 5.16. The van der Waals surface area contributed by atoms with Crippen LogP contribution >= 0.6 is 11.6 Å². The molecule has 132 valence electrons. The van der Waals surface area contributed by atoms with Gasteiger partial charge in [0.15, 0.2) is 5.79 Å². The zero-order valence-corrected chi connectivity index (χ0v) is 14.9. The highest BCUT2D eigenvalue weighted by atomic mass is 35.5. The molecule has 0 aromatic heterocycles. The fraction of sp³-hybridized carbons (Fsp3) is 0.611. The number of nitrogens with zero attached hydrogens (tertiary/aromatic N) is 1. The number of benzene rings is 1. The number of carbonyl (C=O) groups is 1. The van der Waals surface area contributed by atoms with Crippen LogP contribution in [0.15, 0.2) is 24.3 Å². The Hall–Kier alpha value is -1.14. The molecule has 0 atom stereocenters. The van der Waals surface area contributed by atoms with Crippen molar-refractivity contribution < 1.29 is 19.1 Å². The molecule has 2 aliphatic rings. The fourth-order valence-corrected chi connectivity index (χ4v) is 3.94. The average Bonchev–Trinajstić information content (AvgIpc) is 3.12. The Labute approximate surface area is 147 Å². The summed E-state index contributed by atoms with van der Waals surface area (Å²) in [5, 5.41) is 2.02. The van der Waals surface area contributed by atoms with Gasteiger partial charge in [0.25, 0.3) is 0 Å². The second-order valence-electron chi connectivity index (χ2n) is 6.44. The first kappa shape index (κ1) is 17.7. The van der Waals surface area contributed by atoms with E-state index in [0.717, 1.165) is 31.2 Å². The number of halogens is 1. The van der Waals surface area contributed by atoms with Crippen LogP contribution in [0.4, 0.5) is 0 Å². The maximum Gasteiger partial charge on any atom is 0.248 e. The smallest absolute Gasteiger partial charge is 0.248 e. The highest BCUT2D eigenvalue weighted by Crippen LogP contribution is 2.46. The molecule has 1 amide bonds. The first-order chi connectivity index (χ1) is 11.6. The lowest BCUT2D eigenvalue weighted by Gasteiger charge is -2.40. The Morgan fingerprint density at radius 1 is 1.17 bits per heavy atom. The topological polar surface area (TPSA) is 48.0 Å². The minimum atomic E-state index is -0.703. The number of ether oxygens (including phenoxy) is 2. The average molecular weight is 354 g/mol. The van der Waals surface area contributed by atoms with Crippen molar-refractivity contribution in [2.75, 3.05) is 27.4 Å². The van der Waals surface area contributed by atoms with E-state index < -0.39 is 5.79 Å². The molecule has 0 spiro atoms. The van der Waals surface area contributed by atoms with Crippen LogP contribution < -0.4 is 0 Å². The van der Waals surface area contributed by atoms with Gasteiger partial charge in [0.1, 0.15) is 0 Å². The summed E-state index contributed by atoms with van der Waals surface area (Å²) >= 11 is 6.01. The van der Waals surface area contributed by atoms with Gasteiger partial charge in [-0.1, -0.05) is 23.7 Å². The summed E-state index contributed by atoms with van der Waals surface area (Å²) in [5.41, 5.74) is 1.01. The standard InChI is InChI=1S/C18H24ClNO4/c1-20(22-2)17(21)13-3-5-14(6-4-13)18(23-11-12-24-18)15-7-9-16(19)10-8-15/h7-10,13-14H,3-6,11-12H2,1-2H3. The lowest BCUT2D eigenvalue weighted by molar-refractivity contribution is -0.215. The maximum atomic E-state index is 12.3. The summed E-state index contributed by atoms with van der Waals surface area (Å²) in [6.07, 6.45) is 3.41. The van der Waals surface area contributed by atoms with Gasteiger partial charge in [0.05, 0.1) is 20.3 Å². The van der Waals surface area contributed by atoms with Crippen LogP contribution in [0.3, 0.4) is 0 Å². The minimum absolute atomic E-state index is 0.00914. The second-order valence-corrected chi connectivity index (χ2v) is 6.87. The highest BCUT2D eigenvalue weighted by Gasteiger charge is 2.47. The molecule has 1 saturated heterocycles. The van der Waals surface area contributed by atoms with Gasteiger partial charge in [-0.2, -0.15) is 0 Å². The van der Waals surface area contributed by atoms with Gasteiger partial charge in [-0.05, 0) is 37.8 Å². The van der Waals surface area contributed by atoms with Crippen LogP contribution in [-0.2, 0) is 24.9 Å². The fourth-order valence-electron chi connectivity index (χ4n) is 3.82. The molecule has 1 aromatic carbocycles. The molecule has 6 heteroatoms. The van der Waals surface area contributed by atoms with Crippen molar-refractivity contribution in [2.24, 2.45) is 11.8 Å². The zero-order chi connectivity index (χ0) is 17.2. The van der Waals surface area contributed by atoms with Crippen molar-refractivity contribution in [1.29, 1.82) is 0 Å². The van der Waals surface area contributed by atoms with E-state index in [1.807, 2.05) is 24.3 Å². The van der Waals surface area contributed by atoms with Gasteiger partial charge >= 0.3 is 0 Å². The van der Waals surface area contributed by atoms with E-state index in [-0.39, 0.29) is 17.7 Å². The van der Waals surface area contributed by atoms with Gasteiger partial charge in [-0.15, -0.1) is 0 Å². The van der Waals surface area contributed by atoms with E-state index in [4.69, 9.17) is 25.9 Å². The first-order valence-corrected chi connectivity index (χ1v) is 8.80. The molecule has 1 aliphatic carbocycles. The van der Waals surface area contributed by atoms with Gasteiger partial charge in [0.2, 0.25) is 5.91 Å². The molecule has 1 aliphatic heterocycles. The van der Waals surface area contributed by atoms with Crippen molar-refractivity contribution >= 4 is 17.5 Å². The van der Waals surface area contributed by atoms with E-state index in [1.54, 1.807) is 7.05 Å². The SMILES string of the molecule is CON(C)C(=O)C1CCC(C2(c3ccc(Cl)cc3)OCCO2)CC1. The number of carbonyl (C=O) groups excluding carboxylic acids is 1. The Bertz CT molecular complexity index is 563. The molecule has 5 nitrogen and oxygen atoms in total. The minimum Gasteiger partial charge on any atom is -0.343 e. The van der Waals surface area contributed by atoms with Crippen LogP contribution in [0.1, 0.15) is 31.2 Å². The number of hydrogen-bond acceptors (Lipinski definition) is 4. The zero-order valence-electron chi connectivity index (χ0n) is 14.2. The van der Waals surface area contributed by atoms with Crippen molar-refractivity contribution in [2.45, 2.75) is 31.5 Å². The van der Waals surface area contributed by atoms with Crippen molar-refractivity contribution in [1.82, 2.24) is 5.06 Å². The van der Waals surface area contributed by atoms with Gasteiger partial charge in [0, 0.05) is 29.5 Å². The summed E-state index contributed by atoms with van der Waals surface area (Å²) in [7, 11) is 3.17. The Kier molecular flexibility index (Phi) is 5.45. The molecule has 3 rings (SSSR count). The van der Waals surface area contributed by atoms with Gasteiger partial charge in [-0.3, -0.25) is 9.63 Å². The van der Waals surface area contributed by atoms with E-state index in [0.29, 0.717) is 18.2 Å². The Morgan fingerprint density at radius 3 is 2.29 bits per heavy atom. The summed E-state index contributed by atoms with van der Waals surface area (Å²) in [6.45, 7) is 1.18. The number of rotatable bonds is 4. The number of hydrogen-bond donors (Lipinski definition) is 0. The van der Waals surface area contributed by atoms with E-state index in [2.05, 4.69) is 0 Å². The lowest BCUT2D eigenvalue weighted by Crippen LogP contribution is -2.41. The molecule has 2 fully saturated rings. The Balaban J connectivity index is 1.73. The van der Waals surface area contributed by atoms with Crippen LogP contribution in [0, 0.1) is 11.8 Å². The predicted octanol–water partition coefficient (Wildman–Crippen LogP) is 3.37.